The lowest BCUT2D eigenvalue weighted by Gasteiger charge is -2.28. The zero-order valence-corrected chi connectivity index (χ0v) is 25.8. The maximum atomic E-state index is 13.6. The third kappa shape index (κ3) is 6.47. The average molecular weight is 654 g/mol. The number of halogens is 4. The number of nitrogens with zero attached hydrogens (tertiary/aromatic N) is 3. The molecule has 48 heavy (non-hydrogen) atoms. The number of benzene rings is 4. The first-order valence-corrected chi connectivity index (χ1v) is 15.8. The first kappa shape index (κ1) is 31.4. The second kappa shape index (κ2) is 12.7. The zero-order chi connectivity index (χ0) is 33.4. The van der Waals surface area contributed by atoms with E-state index >= 15 is 0 Å². The van der Waals surface area contributed by atoms with Gasteiger partial charge in [0.15, 0.2) is 0 Å². The van der Waals surface area contributed by atoms with Crippen LogP contribution >= 0.6 is 0 Å². The number of imidazole rings is 1. The van der Waals surface area contributed by atoms with Crippen LogP contribution in [0, 0.1) is 11.7 Å². The molecule has 0 radical (unpaired) electrons. The highest BCUT2D eigenvalue weighted by Gasteiger charge is 2.35. The number of hydrogen-bond acceptors (Lipinski definition) is 4. The third-order valence-electron chi connectivity index (χ3n) is 9.10. The summed E-state index contributed by atoms with van der Waals surface area (Å²) in [6, 6.07) is 26.4. The van der Waals surface area contributed by atoms with Gasteiger partial charge < -0.3 is 14.4 Å². The molecule has 4 aromatic carbocycles. The van der Waals surface area contributed by atoms with E-state index < -0.39 is 23.6 Å². The van der Waals surface area contributed by atoms with Crippen LogP contribution in [0.1, 0.15) is 54.2 Å². The van der Waals surface area contributed by atoms with Gasteiger partial charge in [0.1, 0.15) is 24.0 Å². The molecule has 2 heterocycles. The van der Waals surface area contributed by atoms with Crippen LogP contribution in [-0.2, 0) is 24.1 Å². The Kier molecular flexibility index (Phi) is 8.33. The van der Waals surface area contributed by atoms with Crippen molar-refractivity contribution >= 4 is 27.9 Å². The summed E-state index contributed by atoms with van der Waals surface area (Å²) in [7, 11) is 0. The molecule has 7 rings (SSSR count). The van der Waals surface area contributed by atoms with Gasteiger partial charge in [-0.05, 0) is 78.1 Å². The number of pyridine rings is 1. The number of hydrogen-bond donors (Lipinski definition) is 1. The van der Waals surface area contributed by atoms with Crippen LogP contribution in [0.2, 0.25) is 0 Å². The maximum absolute atomic E-state index is 13.6. The highest BCUT2D eigenvalue weighted by atomic mass is 19.4. The summed E-state index contributed by atoms with van der Waals surface area (Å²) >= 11 is 0. The lowest BCUT2D eigenvalue weighted by atomic mass is 9.78. The van der Waals surface area contributed by atoms with Gasteiger partial charge in [-0.1, -0.05) is 55.3 Å². The predicted octanol–water partition coefficient (Wildman–Crippen LogP) is 9.40. The Bertz CT molecular complexity index is 2110. The molecular weight excluding hydrogens is 622 g/mol. The molecule has 2 aromatic heterocycles. The topological polar surface area (TPSA) is 77.2 Å². The van der Waals surface area contributed by atoms with E-state index in [9.17, 15) is 27.5 Å². The molecule has 2 atom stereocenters. The summed E-state index contributed by atoms with van der Waals surface area (Å²) < 4.78 is 60.8. The van der Waals surface area contributed by atoms with E-state index in [0.29, 0.717) is 58.6 Å². The summed E-state index contributed by atoms with van der Waals surface area (Å²) in [5, 5.41) is 10.8. The second-order valence-electron chi connectivity index (χ2n) is 12.2. The first-order valence-electron chi connectivity index (χ1n) is 15.8. The van der Waals surface area contributed by atoms with E-state index in [1.165, 1.54) is 24.3 Å². The minimum atomic E-state index is -4.39. The van der Waals surface area contributed by atoms with Gasteiger partial charge in [-0.15, -0.1) is 0 Å². The van der Waals surface area contributed by atoms with Crippen LogP contribution in [0.3, 0.4) is 0 Å². The van der Waals surface area contributed by atoms with Crippen LogP contribution in [0.5, 0.6) is 5.75 Å². The summed E-state index contributed by atoms with van der Waals surface area (Å²) in [6.07, 6.45) is -1.32. The van der Waals surface area contributed by atoms with Gasteiger partial charge in [0.2, 0.25) is 0 Å². The summed E-state index contributed by atoms with van der Waals surface area (Å²) in [5.41, 5.74) is 4.59. The van der Waals surface area contributed by atoms with Crippen molar-refractivity contribution in [2.75, 3.05) is 0 Å². The van der Waals surface area contributed by atoms with Crippen LogP contribution in [0.25, 0.3) is 33.1 Å². The molecule has 0 spiro atoms. The molecule has 0 unspecified atom stereocenters. The lowest BCUT2D eigenvalue weighted by Crippen LogP contribution is -2.27. The molecule has 1 aliphatic rings. The average Bonchev–Trinajstić information content (AvgIpc) is 3.44. The number of carboxylic acid groups (broad SMARTS) is 1. The van der Waals surface area contributed by atoms with E-state index in [2.05, 4.69) is 9.55 Å². The Hall–Kier alpha value is -5.25. The van der Waals surface area contributed by atoms with Gasteiger partial charge in [-0.2, -0.15) is 13.2 Å². The molecule has 0 aliphatic heterocycles. The highest BCUT2D eigenvalue weighted by Crippen LogP contribution is 2.40. The molecule has 1 N–H and O–H groups in total. The minimum Gasteiger partial charge on any atom is -0.487 e. The Morgan fingerprint density at radius 1 is 0.833 bits per heavy atom. The third-order valence-corrected chi connectivity index (χ3v) is 9.10. The Balaban J connectivity index is 1.17. The molecule has 6 nitrogen and oxygen atoms in total. The lowest BCUT2D eigenvalue weighted by molar-refractivity contribution is -0.143. The van der Waals surface area contributed by atoms with Crippen LogP contribution in [-0.4, -0.2) is 25.6 Å². The van der Waals surface area contributed by atoms with Crippen LogP contribution < -0.4 is 4.74 Å². The Morgan fingerprint density at radius 3 is 2.29 bits per heavy atom. The predicted molar refractivity (Wildman–Crippen MR) is 174 cm³/mol. The van der Waals surface area contributed by atoms with Crippen molar-refractivity contribution in [1.29, 1.82) is 0 Å². The van der Waals surface area contributed by atoms with Crippen molar-refractivity contribution in [3.05, 3.63) is 126 Å². The smallest absolute Gasteiger partial charge is 0.416 e. The van der Waals surface area contributed by atoms with Gasteiger partial charge in [0.05, 0.1) is 33.7 Å². The number of aliphatic carboxylic acids is 1. The number of alkyl halides is 3. The summed E-state index contributed by atoms with van der Waals surface area (Å²) in [6.45, 7) is 0.630. The van der Waals surface area contributed by atoms with Crippen LogP contribution in [0.15, 0.2) is 97.1 Å². The standard InChI is InChI=1S/C38H31F4N3O3/c39-28-14-17-33-26(19-28)11-15-29(43-33)22-48-30-16-18-35-34(20-30)44-36(31-3-1-2-4-32(31)37(46)47)45(35)21-23-5-7-24(8-6-23)25-9-12-27(13-10-25)38(40,41)42/h5-20,31-32H,1-4,21-22H2,(H,46,47)/t31-,32+/m0/s1. The van der Waals surface area contributed by atoms with Gasteiger partial charge in [0.25, 0.3) is 0 Å². The molecule has 1 aliphatic carbocycles. The van der Waals surface area contributed by atoms with Gasteiger partial charge in [0, 0.05) is 23.9 Å². The van der Waals surface area contributed by atoms with E-state index in [4.69, 9.17) is 9.72 Å². The molecule has 0 amide bonds. The monoisotopic (exact) mass is 653 g/mol. The largest absolute Gasteiger partial charge is 0.487 e. The number of rotatable bonds is 8. The van der Waals surface area contributed by atoms with Crippen molar-refractivity contribution in [3.63, 3.8) is 0 Å². The first-order chi connectivity index (χ1) is 23.1. The minimum absolute atomic E-state index is 0.196. The fourth-order valence-electron chi connectivity index (χ4n) is 6.62. The number of ether oxygens (including phenoxy) is 1. The highest BCUT2D eigenvalue weighted by molar-refractivity contribution is 5.80. The van der Waals surface area contributed by atoms with Crippen molar-refractivity contribution in [2.24, 2.45) is 5.92 Å². The number of fused-ring (bicyclic) bond motifs is 2. The fourth-order valence-corrected chi connectivity index (χ4v) is 6.62. The SMILES string of the molecule is O=C(O)[C@@H]1CCCC[C@@H]1c1nc2cc(OCc3ccc4cc(F)ccc4n3)ccc2n1Cc1ccc(-c2ccc(C(F)(F)F)cc2)cc1. The second-order valence-corrected chi connectivity index (χ2v) is 12.2. The number of carboxylic acids is 1. The van der Waals surface area contributed by atoms with Crippen molar-refractivity contribution in [3.8, 4) is 16.9 Å². The number of carbonyl (C=O) groups is 1. The van der Waals surface area contributed by atoms with Gasteiger partial charge in [-0.25, -0.2) is 14.4 Å². The molecule has 1 fully saturated rings. The summed E-state index contributed by atoms with van der Waals surface area (Å²) in [4.78, 5) is 21.9. The molecule has 1 saturated carbocycles. The molecule has 0 saturated heterocycles. The van der Waals surface area contributed by atoms with Crippen molar-refractivity contribution in [2.45, 2.75) is 50.9 Å². The van der Waals surface area contributed by atoms with E-state index in [0.717, 1.165) is 41.6 Å². The molecule has 244 valence electrons. The molecule has 10 heteroatoms. The summed E-state index contributed by atoms with van der Waals surface area (Å²) in [5.74, 6) is -0.651. The van der Waals surface area contributed by atoms with Crippen molar-refractivity contribution in [1.82, 2.24) is 14.5 Å². The van der Waals surface area contributed by atoms with E-state index in [-0.39, 0.29) is 18.3 Å². The van der Waals surface area contributed by atoms with Crippen molar-refractivity contribution < 1.29 is 32.2 Å². The molecule has 6 aromatic rings. The van der Waals surface area contributed by atoms with Crippen LogP contribution in [0.4, 0.5) is 17.6 Å². The van der Waals surface area contributed by atoms with Gasteiger partial charge >= 0.3 is 12.1 Å². The van der Waals surface area contributed by atoms with E-state index in [1.54, 1.807) is 18.2 Å². The van der Waals surface area contributed by atoms with E-state index in [1.807, 2.05) is 42.5 Å². The quantitative estimate of drug-likeness (QED) is 0.166. The fraction of sp³-hybridized carbons (Fsp3) is 0.237. The maximum Gasteiger partial charge on any atom is 0.416 e. The zero-order valence-electron chi connectivity index (χ0n) is 25.8. The molecular formula is C38H31F4N3O3. The Morgan fingerprint density at radius 2 is 1.56 bits per heavy atom. The number of aromatic nitrogens is 3. The molecule has 0 bridgehead atoms. The normalized spacial score (nSPS) is 16.8. The van der Waals surface area contributed by atoms with Gasteiger partial charge in [-0.3, -0.25) is 4.79 Å². The Labute approximate surface area is 273 Å².